The Hall–Kier alpha value is -1.30. The van der Waals surface area contributed by atoms with Crippen molar-refractivity contribution in [1.82, 2.24) is 0 Å². The zero-order valence-electron chi connectivity index (χ0n) is 12.8. The summed E-state index contributed by atoms with van der Waals surface area (Å²) >= 11 is 0. The maximum absolute atomic E-state index is 5.64. The first-order valence-electron chi connectivity index (χ1n) is 7.64. The highest BCUT2D eigenvalue weighted by atomic mass is 16.5. The van der Waals surface area contributed by atoms with Crippen molar-refractivity contribution in [2.24, 2.45) is 0 Å². The van der Waals surface area contributed by atoms with Gasteiger partial charge in [0.1, 0.15) is 0 Å². The zero-order chi connectivity index (χ0) is 14.8. The lowest BCUT2D eigenvalue weighted by Gasteiger charge is -2.24. The van der Waals surface area contributed by atoms with Crippen LogP contribution in [0.3, 0.4) is 0 Å². The lowest BCUT2D eigenvalue weighted by molar-refractivity contribution is 0.0265. The van der Waals surface area contributed by atoms with E-state index in [0.717, 1.165) is 32.7 Å². The van der Waals surface area contributed by atoms with E-state index in [1.807, 2.05) is 0 Å². The second-order valence-corrected chi connectivity index (χ2v) is 5.00. The number of nitrogens with one attached hydrogen (secondary N) is 1. The van der Waals surface area contributed by atoms with E-state index < -0.39 is 0 Å². The van der Waals surface area contributed by atoms with E-state index in [0.29, 0.717) is 26.4 Å². The van der Waals surface area contributed by atoms with Gasteiger partial charge in [0.2, 0.25) is 0 Å². The quantitative estimate of drug-likeness (QED) is 0.706. The molecule has 0 fully saturated rings. The van der Waals surface area contributed by atoms with Crippen LogP contribution in [0.5, 0.6) is 0 Å². The van der Waals surface area contributed by atoms with Gasteiger partial charge in [0.15, 0.2) is 0 Å². The maximum Gasteiger partial charge on any atom is 0.0701 e. The van der Waals surface area contributed by atoms with Crippen LogP contribution in [0.2, 0.25) is 0 Å². The summed E-state index contributed by atoms with van der Waals surface area (Å²) in [5.41, 5.74) is 2.49. The number of hydrogen-bond donors (Lipinski definition) is 1. The monoisotopic (exact) mass is 294 g/mol. The number of ether oxygens (including phenoxy) is 3. The summed E-state index contributed by atoms with van der Waals surface area (Å²) in [6.07, 6.45) is 1.15. The first-order valence-corrected chi connectivity index (χ1v) is 7.64. The minimum Gasteiger partial charge on any atom is -0.383 e. The molecule has 0 spiro atoms. The molecule has 0 aliphatic carbocycles. The molecule has 0 amide bonds. The highest BCUT2D eigenvalue weighted by molar-refractivity contribution is 5.70. The molecule has 5 nitrogen and oxygen atoms in total. The molecule has 1 aromatic rings. The Morgan fingerprint density at radius 3 is 2.67 bits per heavy atom. The molecule has 0 unspecified atom stereocenters. The Labute approximate surface area is 127 Å². The topological polar surface area (TPSA) is 43.0 Å². The number of methoxy groups -OCH3 is 1. The molecule has 1 aliphatic heterocycles. The van der Waals surface area contributed by atoms with E-state index >= 15 is 0 Å². The lowest BCUT2D eigenvalue weighted by Crippen LogP contribution is -2.28. The van der Waals surface area contributed by atoms with Gasteiger partial charge in [0, 0.05) is 26.7 Å². The number of fused-ring (bicyclic) bond motifs is 1. The standard InChI is InChI=1S/C16H26N2O3/c1-19-11-12-21-14-13-20-10-9-18-8-4-7-17-15-5-2-3-6-16(15)18/h2-3,5-6,17H,4,7-14H2,1H3. The predicted molar refractivity (Wildman–Crippen MR) is 85.3 cm³/mol. The third kappa shape index (κ3) is 5.53. The maximum atomic E-state index is 5.64. The van der Waals surface area contributed by atoms with Crippen molar-refractivity contribution in [2.45, 2.75) is 6.42 Å². The van der Waals surface area contributed by atoms with Crippen LogP contribution in [0.15, 0.2) is 24.3 Å². The number of anilines is 2. The molecule has 1 N–H and O–H groups in total. The van der Waals surface area contributed by atoms with Crippen LogP contribution in [0, 0.1) is 0 Å². The fourth-order valence-corrected chi connectivity index (χ4v) is 2.38. The van der Waals surface area contributed by atoms with Gasteiger partial charge in [-0.15, -0.1) is 0 Å². The summed E-state index contributed by atoms with van der Waals surface area (Å²) < 4.78 is 15.9. The number of rotatable bonds is 9. The Kier molecular flexibility index (Phi) is 7.35. The van der Waals surface area contributed by atoms with E-state index in [4.69, 9.17) is 14.2 Å². The number of para-hydroxylation sites is 2. The zero-order valence-corrected chi connectivity index (χ0v) is 12.8. The van der Waals surface area contributed by atoms with Gasteiger partial charge >= 0.3 is 0 Å². The second kappa shape index (κ2) is 9.60. The normalized spacial score (nSPS) is 14.4. The molecule has 0 aromatic heterocycles. The van der Waals surface area contributed by atoms with Gasteiger partial charge in [-0.1, -0.05) is 12.1 Å². The SMILES string of the molecule is COCCOCCOCCN1CCCNc2ccccc21. The van der Waals surface area contributed by atoms with Crippen LogP contribution < -0.4 is 10.2 Å². The van der Waals surface area contributed by atoms with Crippen molar-refractivity contribution in [3.63, 3.8) is 0 Å². The predicted octanol–water partition coefficient (Wildman–Crippen LogP) is 1.99. The lowest BCUT2D eigenvalue weighted by atomic mass is 10.2. The van der Waals surface area contributed by atoms with Gasteiger partial charge in [-0.05, 0) is 18.6 Å². The van der Waals surface area contributed by atoms with Gasteiger partial charge in [-0.25, -0.2) is 0 Å². The molecule has 0 saturated heterocycles. The smallest absolute Gasteiger partial charge is 0.0701 e. The Morgan fingerprint density at radius 1 is 1.05 bits per heavy atom. The third-order valence-electron chi connectivity index (χ3n) is 3.47. The van der Waals surface area contributed by atoms with Crippen molar-refractivity contribution >= 4 is 11.4 Å². The molecule has 2 rings (SSSR count). The first kappa shape index (κ1) is 16.1. The van der Waals surface area contributed by atoms with Gasteiger partial charge < -0.3 is 24.4 Å². The highest BCUT2D eigenvalue weighted by Gasteiger charge is 2.13. The van der Waals surface area contributed by atoms with E-state index in [-0.39, 0.29) is 0 Å². The van der Waals surface area contributed by atoms with Crippen molar-refractivity contribution in [3.8, 4) is 0 Å². The summed E-state index contributed by atoms with van der Waals surface area (Å²) in [5.74, 6) is 0. The van der Waals surface area contributed by atoms with Crippen LogP contribution in [-0.4, -0.2) is 59.8 Å². The fourth-order valence-electron chi connectivity index (χ4n) is 2.38. The van der Waals surface area contributed by atoms with Crippen LogP contribution >= 0.6 is 0 Å². The molecule has 1 aliphatic rings. The van der Waals surface area contributed by atoms with Gasteiger partial charge in [0.05, 0.1) is 44.4 Å². The van der Waals surface area contributed by atoms with Gasteiger partial charge in [-0.2, -0.15) is 0 Å². The van der Waals surface area contributed by atoms with Gasteiger partial charge in [-0.3, -0.25) is 0 Å². The molecule has 21 heavy (non-hydrogen) atoms. The molecule has 0 saturated carbocycles. The van der Waals surface area contributed by atoms with E-state index in [9.17, 15) is 0 Å². The highest BCUT2D eigenvalue weighted by Crippen LogP contribution is 2.27. The van der Waals surface area contributed by atoms with E-state index in [2.05, 4.69) is 34.5 Å². The minimum atomic E-state index is 0.626. The summed E-state index contributed by atoms with van der Waals surface area (Å²) in [5, 5.41) is 3.47. The number of hydrogen-bond acceptors (Lipinski definition) is 5. The molecule has 0 radical (unpaired) electrons. The third-order valence-corrected chi connectivity index (χ3v) is 3.47. The summed E-state index contributed by atoms with van der Waals surface area (Å²) in [6, 6.07) is 8.46. The van der Waals surface area contributed by atoms with Crippen molar-refractivity contribution < 1.29 is 14.2 Å². The molecular formula is C16H26N2O3. The molecule has 1 heterocycles. The van der Waals surface area contributed by atoms with Crippen LogP contribution in [0.4, 0.5) is 11.4 Å². The number of benzene rings is 1. The Morgan fingerprint density at radius 2 is 1.81 bits per heavy atom. The molecule has 5 heteroatoms. The fraction of sp³-hybridized carbons (Fsp3) is 0.625. The second-order valence-electron chi connectivity index (χ2n) is 5.00. The average Bonchev–Trinajstić information content (AvgIpc) is 2.72. The van der Waals surface area contributed by atoms with Crippen molar-refractivity contribution in [2.75, 3.05) is 70.0 Å². The largest absolute Gasteiger partial charge is 0.383 e. The molecule has 0 bridgehead atoms. The molecular weight excluding hydrogens is 268 g/mol. The van der Waals surface area contributed by atoms with Crippen LogP contribution in [-0.2, 0) is 14.2 Å². The minimum absolute atomic E-state index is 0.626. The van der Waals surface area contributed by atoms with E-state index in [1.54, 1.807) is 7.11 Å². The summed E-state index contributed by atoms with van der Waals surface area (Å²) in [7, 11) is 1.67. The molecule has 1 aromatic carbocycles. The van der Waals surface area contributed by atoms with Gasteiger partial charge in [0.25, 0.3) is 0 Å². The van der Waals surface area contributed by atoms with Crippen LogP contribution in [0.1, 0.15) is 6.42 Å². The van der Waals surface area contributed by atoms with Crippen molar-refractivity contribution in [1.29, 1.82) is 0 Å². The molecule has 0 atom stereocenters. The molecule has 118 valence electrons. The number of nitrogens with zero attached hydrogens (tertiary/aromatic N) is 1. The Bertz CT molecular complexity index is 401. The van der Waals surface area contributed by atoms with E-state index in [1.165, 1.54) is 11.4 Å². The Balaban J connectivity index is 1.66. The average molecular weight is 294 g/mol. The first-order chi connectivity index (χ1) is 10.4. The summed E-state index contributed by atoms with van der Waals surface area (Å²) in [4.78, 5) is 2.39. The summed E-state index contributed by atoms with van der Waals surface area (Å²) in [6.45, 7) is 6.26. The van der Waals surface area contributed by atoms with Crippen LogP contribution in [0.25, 0.3) is 0 Å². The van der Waals surface area contributed by atoms with Crippen molar-refractivity contribution in [3.05, 3.63) is 24.3 Å².